The third-order valence-electron chi connectivity index (χ3n) is 4.11. The lowest BCUT2D eigenvalue weighted by atomic mass is 9.79. The van der Waals surface area contributed by atoms with E-state index in [1.807, 2.05) is 25.7 Å². The Hall–Kier alpha value is -1.08. The highest BCUT2D eigenvalue weighted by atomic mass is 16.5. The molecule has 0 spiro atoms. The Morgan fingerprint density at radius 1 is 1.25 bits per heavy atom. The minimum absolute atomic E-state index is 0.0404. The number of carbonyl (C=O) groups is 1. The van der Waals surface area contributed by atoms with Gasteiger partial charge in [0.1, 0.15) is 5.41 Å². The van der Waals surface area contributed by atoms with E-state index in [-0.39, 0.29) is 12.0 Å². The van der Waals surface area contributed by atoms with Crippen molar-refractivity contribution in [3.8, 4) is 6.07 Å². The maximum absolute atomic E-state index is 12.8. The molecule has 0 saturated carbocycles. The van der Waals surface area contributed by atoms with E-state index < -0.39 is 5.41 Å². The molecule has 1 fully saturated rings. The molecule has 1 aliphatic heterocycles. The van der Waals surface area contributed by atoms with Gasteiger partial charge in [-0.1, -0.05) is 26.7 Å². The number of nitrogens with zero attached hydrogens (tertiary/aromatic N) is 2. The molecule has 0 aliphatic carbocycles. The van der Waals surface area contributed by atoms with Crippen LogP contribution in [0, 0.1) is 16.7 Å². The van der Waals surface area contributed by atoms with Crippen LogP contribution in [0.2, 0.25) is 0 Å². The molecule has 114 valence electrons. The molecule has 20 heavy (non-hydrogen) atoms. The van der Waals surface area contributed by atoms with Crippen LogP contribution in [0.4, 0.5) is 0 Å². The summed E-state index contributed by atoms with van der Waals surface area (Å²) < 4.78 is 5.61. The molecule has 1 aliphatic rings. The fourth-order valence-electron chi connectivity index (χ4n) is 3.12. The minimum Gasteiger partial charge on any atom is -0.378 e. The molecule has 0 atom stereocenters. The molecule has 4 nitrogen and oxygen atoms in total. The summed E-state index contributed by atoms with van der Waals surface area (Å²) in [5, 5.41) is 9.55. The van der Waals surface area contributed by atoms with Gasteiger partial charge in [0.2, 0.25) is 5.91 Å². The number of likely N-dealkylation sites (tertiary alicyclic amines) is 1. The third-order valence-corrected chi connectivity index (χ3v) is 4.11. The van der Waals surface area contributed by atoms with Crippen LogP contribution in [0.1, 0.15) is 59.3 Å². The first-order chi connectivity index (χ1) is 9.63. The lowest BCUT2D eigenvalue weighted by Crippen LogP contribution is -2.48. The number of carbonyl (C=O) groups excluding carboxylic acids is 1. The van der Waals surface area contributed by atoms with Crippen molar-refractivity contribution >= 4 is 5.91 Å². The highest BCUT2D eigenvalue weighted by molar-refractivity contribution is 5.85. The van der Waals surface area contributed by atoms with Gasteiger partial charge >= 0.3 is 0 Å². The quantitative estimate of drug-likeness (QED) is 0.720. The van der Waals surface area contributed by atoms with Gasteiger partial charge in [0.25, 0.3) is 0 Å². The Morgan fingerprint density at radius 3 is 2.20 bits per heavy atom. The predicted octanol–water partition coefficient (Wildman–Crippen LogP) is 3.12. The van der Waals surface area contributed by atoms with Gasteiger partial charge in [-0.25, -0.2) is 0 Å². The Bertz CT molecular complexity index is 335. The van der Waals surface area contributed by atoms with E-state index in [0.29, 0.717) is 12.8 Å². The van der Waals surface area contributed by atoms with Crippen LogP contribution in [-0.4, -0.2) is 36.6 Å². The molecule has 0 N–H and O–H groups in total. The van der Waals surface area contributed by atoms with Crippen LogP contribution in [-0.2, 0) is 9.53 Å². The van der Waals surface area contributed by atoms with E-state index in [1.54, 1.807) is 0 Å². The van der Waals surface area contributed by atoms with Gasteiger partial charge in [-0.05, 0) is 32.6 Å². The molecule has 0 radical (unpaired) electrons. The van der Waals surface area contributed by atoms with Crippen molar-refractivity contribution in [1.29, 1.82) is 5.26 Å². The molecule has 1 heterocycles. The summed E-state index contributed by atoms with van der Waals surface area (Å²) in [6.07, 6.45) is 5.13. The van der Waals surface area contributed by atoms with Gasteiger partial charge < -0.3 is 9.64 Å². The first-order valence-electron chi connectivity index (χ1n) is 7.95. The van der Waals surface area contributed by atoms with Crippen molar-refractivity contribution < 1.29 is 9.53 Å². The fraction of sp³-hybridized carbons (Fsp3) is 0.875. The molecule has 0 unspecified atom stereocenters. The largest absolute Gasteiger partial charge is 0.378 e. The van der Waals surface area contributed by atoms with Gasteiger partial charge in [-0.2, -0.15) is 5.26 Å². The second-order valence-electron chi connectivity index (χ2n) is 5.64. The Morgan fingerprint density at radius 2 is 1.80 bits per heavy atom. The smallest absolute Gasteiger partial charge is 0.243 e. The van der Waals surface area contributed by atoms with Gasteiger partial charge in [0.15, 0.2) is 0 Å². The Kier molecular flexibility index (Phi) is 7.01. The number of ether oxygens (including phenoxy) is 1. The normalized spacial score (nSPS) is 17.0. The number of piperidine rings is 1. The summed E-state index contributed by atoms with van der Waals surface area (Å²) in [7, 11) is 0. The first-order valence-corrected chi connectivity index (χ1v) is 7.95. The highest BCUT2D eigenvalue weighted by Crippen LogP contribution is 2.32. The van der Waals surface area contributed by atoms with E-state index in [4.69, 9.17) is 4.74 Å². The second kappa shape index (κ2) is 8.26. The second-order valence-corrected chi connectivity index (χ2v) is 5.64. The summed E-state index contributed by atoms with van der Waals surface area (Å²) in [6, 6.07) is 2.33. The molecule has 0 aromatic carbocycles. The van der Waals surface area contributed by atoms with Crippen molar-refractivity contribution in [2.24, 2.45) is 5.41 Å². The molecule has 1 saturated heterocycles. The monoisotopic (exact) mass is 280 g/mol. The number of amides is 1. The highest BCUT2D eigenvalue weighted by Gasteiger charge is 2.40. The Balaban J connectivity index is 2.69. The SMILES string of the molecule is CCCC(C#N)(CCC)C(=O)N1CCC(OCC)CC1. The molecule has 1 amide bonds. The zero-order valence-electron chi connectivity index (χ0n) is 13.2. The number of hydrogen-bond acceptors (Lipinski definition) is 3. The Labute approximate surface area is 123 Å². The summed E-state index contributed by atoms with van der Waals surface area (Å²) in [5.41, 5.74) is -0.804. The van der Waals surface area contributed by atoms with Crippen LogP contribution in [0.15, 0.2) is 0 Å². The van der Waals surface area contributed by atoms with Crippen LogP contribution in [0.25, 0.3) is 0 Å². The van der Waals surface area contributed by atoms with Crippen molar-refractivity contribution in [3.05, 3.63) is 0 Å². The molecule has 0 aromatic rings. The summed E-state index contributed by atoms with van der Waals surface area (Å²) in [6.45, 7) is 8.25. The van der Waals surface area contributed by atoms with Crippen LogP contribution in [0.5, 0.6) is 0 Å². The molecule has 0 bridgehead atoms. The van der Waals surface area contributed by atoms with Gasteiger partial charge in [-0.15, -0.1) is 0 Å². The number of nitriles is 1. The lowest BCUT2D eigenvalue weighted by Gasteiger charge is -2.37. The van der Waals surface area contributed by atoms with Crippen molar-refractivity contribution in [2.45, 2.75) is 65.4 Å². The van der Waals surface area contributed by atoms with E-state index in [9.17, 15) is 10.1 Å². The topological polar surface area (TPSA) is 53.3 Å². The molecule has 4 heteroatoms. The third kappa shape index (κ3) is 3.96. The molecule has 0 aromatic heterocycles. The summed E-state index contributed by atoms with van der Waals surface area (Å²) in [4.78, 5) is 14.6. The van der Waals surface area contributed by atoms with E-state index in [0.717, 1.165) is 45.4 Å². The van der Waals surface area contributed by atoms with Crippen molar-refractivity contribution in [1.82, 2.24) is 4.90 Å². The first kappa shape index (κ1) is 17.0. The molecule has 1 rings (SSSR count). The minimum atomic E-state index is -0.804. The lowest BCUT2D eigenvalue weighted by molar-refractivity contribution is -0.142. The van der Waals surface area contributed by atoms with Crippen LogP contribution < -0.4 is 0 Å². The van der Waals surface area contributed by atoms with Crippen molar-refractivity contribution in [3.63, 3.8) is 0 Å². The summed E-state index contributed by atoms with van der Waals surface area (Å²) >= 11 is 0. The van der Waals surface area contributed by atoms with Gasteiger partial charge in [0.05, 0.1) is 12.2 Å². The fourth-order valence-corrected chi connectivity index (χ4v) is 3.12. The maximum Gasteiger partial charge on any atom is 0.243 e. The van der Waals surface area contributed by atoms with E-state index in [1.165, 1.54) is 0 Å². The average Bonchev–Trinajstić information content (AvgIpc) is 2.47. The zero-order chi connectivity index (χ0) is 15.0. The van der Waals surface area contributed by atoms with Crippen LogP contribution in [0.3, 0.4) is 0 Å². The van der Waals surface area contributed by atoms with Crippen LogP contribution >= 0.6 is 0 Å². The standard InChI is InChI=1S/C16H28N2O2/c1-4-9-16(13-17,10-5-2)15(19)18-11-7-14(8-12-18)20-6-3/h14H,4-12H2,1-3H3. The number of rotatable bonds is 7. The predicted molar refractivity (Wildman–Crippen MR) is 79.1 cm³/mol. The van der Waals surface area contributed by atoms with Gasteiger partial charge in [-0.3, -0.25) is 4.79 Å². The average molecular weight is 280 g/mol. The summed E-state index contributed by atoms with van der Waals surface area (Å²) in [5.74, 6) is 0.0404. The van der Waals surface area contributed by atoms with E-state index >= 15 is 0 Å². The number of hydrogen-bond donors (Lipinski definition) is 0. The van der Waals surface area contributed by atoms with Gasteiger partial charge in [0, 0.05) is 19.7 Å². The van der Waals surface area contributed by atoms with Crippen molar-refractivity contribution in [2.75, 3.05) is 19.7 Å². The van der Waals surface area contributed by atoms with E-state index in [2.05, 4.69) is 6.07 Å². The maximum atomic E-state index is 12.8. The molecular weight excluding hydrogens is 252 g/mol. The zero-order valence-corrected chi connectivity index (χ0v) is 13.2. The molecular formula is C16H28N2O2.